The van der Waals surface area contributed by atoms with Crippen LogP contribution in [0.3, 0.4) is 0 Å². The van der Waals surface area contributed by atoms with Crippen molar-refractivity contribution in [1.29, 1.82) is 0 Å². The lowest BCUT2D eigenvalue weighted by molar-refractivity contribution is 0.162. The lowest BCUT2D eigenvalue weighted by Crippen LogP contribution is -2.36. The fraction of sp³-hybridized carbons (Fsp3) is 0.391. The number of aliphatic hydroxyl groups excluding tert-OH is 1. The van der Waals surface area contributed by atoms with Crippen molar-refractivity contribution >= 4 is 24.2 Å². The van der Waals surface area contributed by atoms with Gasteiger partial charge in [-0.2, -0.15) is 0 Å². The summed E-state index contributed by atoms with van der Waals surface area (Å²) >= 11 is 0. The molecule has 0 spiro atoms. The van der Waals surface area contributed by atoms with Gasteiger partial charge in [0.05, 0.1) is 17.8 Å². The molecule has 0 fully saturated rings. The Morgan fingerprint density at radius 3 is 2.35 bits per heavy atom. The first-order chi connectivity index (χ1) is 12.3. The van der Waals surface area contributed by atoms with E-state index in [4.69, 9.17) is 4.42 Å². The van der Waals surface area contributed by atoms with Crippen LogP contribution in [0.15, 0.2) is 59.2 Å². The lowest BCUT2D eigenvalue weighted by atomic mass is 9.92. The Balaban J connectivity index is 1.55. The molecule has 0 saturated carbocycles. The summed E-state index contributed by atoms with van der Waals surface area (Å²) in [4.78, 5) is 0. The first kappa shape index (κ1) is 18.9. The molecule has 0 aliphatic carbocycles. The fourth-order valence-corrected chi connectivity index (χ4v) is 4.40. The minimum Gasteiger partial charge on any atom is -0.474 e. The van der Waals surface area contributed by atoms with Gasteiger partial charge in [-0.25, -0.2) is 0 Å². The Morgan fingerprint density at radius 2 is 1.65 bits per heavy atom. The van der Waals surface area contributed by atoms with Crippen LogP contribution in [-0.4, -0.2) is 13.2 Å². The highest BCUT2D eigenvalue weighted by atomic mass is 28.3. The van der Waals surface area contributed by atoms with Gasteiger partial charge in [-0.15, -0.1) is 0 Å². The van der Waals surface area contributed by atoms with Gasteiger partial charge in [-0.1, -0.05) is 69.0 Å². The molecule has 0 amide bonds. The van der Waals surface area contributed by atoms with Crippen LogP contribution in [0, 0.1) is 0 Å². The molecule has 2 atom stereocenters. The van der Waals surface area contributed by atoms with Gasteiger partial charge in [0.15, 0.2) is 0 Å². The summed E-state index contributed by atoms with van der Waals surface area (Å²) in [6, 6.07) is 17.3. The average molecular weight is 367 g/mol. The minimum absolute atomic E-state index is 0.423. The van der Waals surface area contributed by atoms with Gasteiger partial charge in [0.1, 0.15) is 8.07 Å². The summed E-state index contributed by atoms with van der Waals surface area (Å²) in [7, 11) is -1.45. The molecular formula is C23H30O2Si. The Morgan fingerprint density at radius 1 is 0.923 bits per heavy atom. The first-order valence-electron chi connectivity index (χ1n) is 9.60. The van der Waals surface area contributed by atoms with Crippen molar-refractivity contribution in [3.63, 3.8) is 0 Å². The smallest absolute Gasteiger partial charge is 0.123 e. The number of benzene rings is 2. The molecular weight excluding hydrogens is 336 g/mol. The zero-order valence-corrected chi connectivity index (χ0v) is 17.3. The van der Waals surface area contributed by atoms with Crippen LogP contribution in [0.5, 0.6) is 0 Å². The summed E-state index contributed by atoms with van der Waals surface area (Å²) in [6.07, 6.45) is 4.18. The van der Waals surface area contributed by atoms with Crippen molar-refractivity contribution in [2.24, 2.45) is 0 Å². The van der Waals surface area contributed by atoms with Crippen LogP contribution < -0.4 is 5.38 Å². The molecule has 2 aromatic carbocycles. The molecule has 3 heteroatoms. The van der Waals surface area contributed by atoms with Crippen LogP contribution >= 0.6 is 0 Å². The van der Waals surface area contributed by atoms with E-state index in [0.29, 0.717) is 5.92 Å². The number of fused-ring (bicyclic) bond motifs is 1. The second-order valence-corrected chi connectivity index (χ2v) is 13.4. The summed E-state index contributed by atoms with van der Waals surface area (Å²) < 4.78 is 5.69. The van der Waals surface area contributed by atoms with Gasteiger partial charge < -0.3 is 9.52 Å². The number of furan rings is 1. The number of rotatable bonds is 7. The van der Waals surface area contributed by atoms with E-state index in [1.807, 2.05) is 0 Å². The van der Waals surface area contributed by atoms with E-state index in [1.54, 1.807) is 6.26 Å². The van der Waals surface area contributed by atoms with E-state index in [0.717, 1.165) is 30.2 Å². The van der Waals surface area contributed by atoms with E-state index >= 15 is 0 Å². The van der Waals surface area contributed by atoms with Crippen molar-refractivity contribution in [3.05, 3.63) is 65.9 Å². The SMILES string of the molecule is CC(CCCC(O)c1coc([Si](C)(C)C)c1)c1ccc2ccccc2c1. The maximum atomic E-state index is 10.5. The topological polar surface area (TPSA) is 33.4 Å². The first-order valence-corrected chi connectivity index (χ1v) is 13.1. The van der Waals surface area contributed by atoms with Gasteiger partial charge >= 0.3 is 0 Å². The van der Waals surface area contributed by atoms with Crippen LogP contribution in [0.1, 0.15) is 49.3 Å². The largest absolute Gasteiger partial charge is 0.474 e. The van der Waals surface area contributed by atoms with Crippen molar-refractivity contribution in [1.82, 2.24) is 0 Å². The van der Waals surface area contributed by atoms with E-state index < -0.39 is 14.2 Å². The Labute approximate surface area is 157 Å². The normalized spacial score (nSPS) is 14.5. The molecule has 1 N–H and O–H groups in total. The second-order valence-electron chi connectivity index (χ2n) is 8.45. The molecule has 0 aliphatic rings. The Hall–Kier alpha value is -1.84. The maximum absolute atomic E-state index is 10.5. The Kier molecular flexibility index (Phi) is 5.69. The molecule has 1 aromatic heterocycles. The molecule has 0 bridgehead atoms. The van der Waals surface area contributed by atoms with E-state index in [1.165, 1.54) is 16.3 Å². The highest BCUT2D eigenvalue weighted by molar-refractivity contribution is 6.87. The predicted octanol–water partition coefficient (Wildman–Crippen LogP) is 5.99. The van der Waals surface area contributed by atoms with Gasteiger partial charge in [-0.05, 0) is 47.6 Å². The van der Waals surface area contributed by atoms with Crippen molar-refractivity contribution in [3.8, 4) is 0 Å². The molecule has 2 nitrogen and oxygen atoms in total. The van der Waals surface area contributed by atoms with Crippen molar-refractivity contribution in [2.45, 2.75) is 57.8 Å². The van der Waals surface area contributed by atoms with Crippen LogP contribution in [0.25, 0.3) is 10.8 Å². The molecule has 3 aromatic rings. The zero-order valence-electron chi connectivity index (χ0n) is 16.3. The lowest BCUT2D eigenvalue weighted by Gasteiger charge is -2.14. The number of aliphatic hydroxyl groups is 1. The highest BCUT2D eigenvalue weighted by Crippen LogP contribution is 2.27. The van der Waals surface area contributed by atoms with E-state index in [2.05, 4.69) is 75.1 Å². The minimum atomic E-state index is -1.45. The van der Waals surface area contributed by atoms with Gasteiger partial charge in [0.25, 0.3) is 0 Å². The molecule has 0 aliphatic heterocycles. The molecule has 3 rings (SSSR count). The van der Waals surface area contributed by atoms with Gasteiger partial charge in [-0.3, -0.25) is 0 Å². The molecule has 26 heavy (non-hydrogen) atoms. The Bertz CT molecular complexity index is 860. The maximum Gasteiger partial charge on any atom is 0.123 e. The van der Waals surface area contributed by atoms with Crippen molar-refractivity contribution < 1.29 is 9.52 Å². The van der Waals surface area contributed by atoms with Gasteiger partial charge in [0, 0.05) is 5.56 Å². The monoisotopic (exact) mass is 366 g/mol. The molecule has 138 valence electrons. The van der Waals surface area contributed by atoms with Crippen molar-refractivity contribution in [2.75, 3.05) is 0 Å². The third-order valence-corrected chi connectivity index (χ3v) is 6.94. The summed E-state index contributed by atoms with van der Waals surface area (Å²) in [5, 5.41) is 14.1. The standard InChI is InChI=1S/C23H30O2Si/c1-17(19-13-12-18-9-5-6-10-20(18)14-19)8-7-11-22(24)21-15-23(25-16-21)26(2,3)4/h5-6,9-10,12-17,22,24H,7-8,11H2,1-4H3. The van der Waals surface area contributed by atoms with Crippen LogP contribution in [-0.2, 0) is 0 Å². The second kappa shape index (κ2) is 7.81. The van der Waals surface area contributed by atoms with E-state index in [9.17, 15) is 5.11 Å². The zero-order chi connectivity index (χ0) is 18.7. The molecule has 1 heterocycles. The van der Waals surface area contributed by atoms with Gasteiger partial charge in [0.2, 0.25) is 0 Å². The third-order valence-electron chi connectivity index (χ3n) is 5.20. The molecule has 0 radical (unpaired) electrons. The van der Waals surface area contributed by atoms with E-state index in [-0.39, 0.29) is 0 Å². The molecule has 0 saturated heterocycles. The van der Waals surface area contributed by atoms with Crippen LogP contribution in [0.2, 0.25) is 19.6 Å². The quantitative estimate of drug-likeness (QED) is 0.521. The highest BCUT2D eigenvalue weighted by Gasteiger charge is 2.22. The summed E-state index contributed by atoms with van der Waals surface area (Å²) in [5.41, 5.74) is 2.31. The average Bonchev–Trinajstić information content (AvgIpc) is 3.11. The summed E-state index contributed by atoms with van der Waals surface area (Å²) in [6.45, 7) is 9.05. The predicted molar refractivity (Wildman–Crippen MR) is 113 cm³/mol. The number of hydrogen-bond donors (Lipinski definition) is 1. The third kappa shape index (κ3) is 4.46. The molecule has 2 unspecified atom stereocenters. The number of hydrogen-bond acceptors (Lipinski definition) is 2. The fourth-order valence-electron chi connectivity index (χ4n) is 3.38. The summed E-state index contributed by atoms with van der Waals surface area (Å²) in [5.74, 6) is 0.494. The van der Waals surface area contributed by atoms with Crippen LogP contribution in [0.4, 0.5) is 0 Å².